The highest BCUT2D eigenvalue weighted by molar-refractivity contribution is 6.31. The number of urea groups is 1. The monoisotopic (exact) mass is 491 g/mol. The van der Waals surface area contributed by atoms with Crippen LogP contribution in [0.15, 0.2) is 60.7 Å². The molecule has 1 fully saturated rings. The zero-order valence-electron chi connectivity index (χ0n) is 20.0. The molecule has 1 aliphatic rings. The molecule has 7 nitrogen and oxygen atoms in total. The number of aromatic nitrogens is 2. The largest absolute Gasteiger partial charge is 0.350 e. The zero-order valence-corrected chi connectivity index (χ0v) is 20.8. The molecule has 35 heavy (non-hydrogen) atoms. The van der Waals surface area contributed by atoms with Gasteiger partial charge in [0.2, 0.25) is 5.91 Å². The molecule has 2 N–H and O–H groups in total. The van der Waals surface area contributed by atoms with Gasteiger partial charge in [-0.15, -0.1) is 0 Å². The number of carbonyl (C=O) groups is 2. The van der Waals surface area contributed by atoms with E-state index in [1.165, 1.54) is 11.6 Å². The quantitative estimate of drug-likeness (QED) is 0.475. The molecular weight excluding hydrogens is 462 g/mol. The first-order valence-electron chi connectivity index (χ1n) is 11.8. The minimum absolute atomic E-state index is 0.0220. The Kier molecular flexibility index (Phi) is 7.87. The summed E-state index contributed by atoms with van der Waals surface area (Å²) in [6, 6.07) is 17.5. The van der Waals surface area contributed by atoms with E-state index in [2.05, 4.69) is 46.9 Å². The Morgan fingerprint density at radius 1 is 1.06 bits per heavy atom. The third-order valence-corrected chi connectivity index (χ3v) is 6.52. The molecule has 4 rings (SSSR count). The van der Waals surface area contributed by atoms with Crippen LogP contribution < -0.4 is 10.6 Å². The van der Waals surface area contributed by atoms with Crippen LogP contribution in [0.3, 0.4) is 0 Å². The van der Waals surface area contributed by atoms with Gasteiger partial charge in [0.05, 0.1) is 12.2 Å². The number of likely N-dealkylation sites (tertiary alicyclic amines) is 1. The highest BCUT2D eigenvalue weighted by Crippen LogP contribution is 2.22. The average Bonchev–Trinajstić information content (AvgIpc) is 3.12. The number of anilines is 1. The minimum Gasteiger partial charge on any atom is -0.350 e. The fourth-order valence-corrected chi connectivity index (χ4v) is 4.38. The van der Waals surface area contributed by atoms with Gasteiger partial charge in [0.15, 0.2) is 0 Å². The summed E-state index contributed by atoms with van der Waals surface area (Å²) in [5.74, 6) is -0.182. The molecule has 3 amide bonds. The topological polar surface area (TPSA) is 79.3 Å². The fourth-order valence-electron chi connectivity index (χ4n) is 4.09. The third kappa shape index (κ3) is 6.51. The van der Waals surface area contributed by atoms with Crippen LogP contribution in [0.4, 0.5) is 10.5 Å². The Morgan fingerprint density at radius 3 is 2.43 bits per heavy atom. The molecule has 1 aliphatic heterocycles. The number of amides is 3. The molecule has 0 aliphatic carbocycles. The summed E-state index contributed by atoms with van der Waals surface area (Å²) in [6.07, 6.45) is 4.63. The Hall–Kier alpha value is -3.58. The molecule has 8 heteroatoms. The first kappa shape index (κ1) is 24.5. The minimum atomic E-state index is -0.182. The number of carbonyl (C=O) groups excluding carboxylic acids is 2. The first-order valence-corrected chi connectivity index (χ1v) is 12.1. The lowest BCUT2D eigenvalue weighted by molar-refractivity contribution is -0.117. The van der Waals surface area contributed by atoms with Crippen molar-refractivity contribution in [2.75, 3.05) is 18.4 Å². The lowest BCUT2D eigenvalue weighted by Gasteiger charge is -2.32. The van der Waals surface area contributed by atoms with Crippen molar-refractivity contribution in [1.82, 2.24) is 20.0 Å². The second kappa shape index (κ2) is 11.2. The van der Waals surface area contributed by atoms with Gasteiger partial charge in [0.25, 0.3) is 0 Å². The maximum absolute atomic E-state index is 12.5. The van der Waals surface area contributed by atoms with Crippen LogP contribution >= 0.6 is 11.6 Å². The molecule has 0 unspecified atom stereocenters. The van der Waals surface area contributed by atoms with Crippen LogP contribution in [-0.2, 0) is 11.3 Å². The zero-order chi connectivity index (χ0) is 24.8. The van der Waals surface area contributed by atoms with Crippen molar-refractivity contribution in [1.29, 1.82) is 0 Å². The van der Waals surface area contributed by atoms with Crippen LogP contribution in [0.5, 0.6) is 0 Å². The fraction of sp³-hybridized carbons (Fsp3) is 0.296. The molecule has 2 aromatic carbocycles. The van der Waals surface area contributed by atoms with Gasteiger partial charge in [-0.2, -0.15) is 5.10 Å². The second-order valence-electron chi connectivity index (χ2n) is 8.83. The molecule has 182 valence electrons. The number of aryl methyl sites for hydroxylation is 2. The van der Waals surface area contributed by atoms with Crippen LogP contribution in [-0.4, -0.2) is 45.8 Å². The Morgan fingerprint density at radius 2 is 1.74 bits per heavy atom. The van der Waals surface area contributed by atoms with Crippen molar-refractivity contribution in [2.45, 2.75) is 39.3 Å². The van der Waals surface area contributed by atoms with E-state index in [0.29, 0.717) is 37.6 Å². The Labute approximate surface area is 210 Å². The lowest BCUT2D eigenvalue weighted by atomic mass is 10.1. The first-order chi connectivity index (χ1) is 16.9. The normalized spacial score (nSPS) is 14.3. The number of piperidine rings is 1. The SMILES string of the molecule is Cc1ccc(Cn2nc(C)c(/C=C/C(=O)NC3CCN(C(=O)Nc4ccccc4)CC3)c2Cl)cc1. The number of hydrogen-bond donors (Lipinski definition) is 2. The number of halogens is 1. The van der Waals surface area contributed by atoms with E-state index >= 15 is 0 Å². The molecule has 1 aromatic heterocycles. The van der Waals surface area contributed by atoms with E-state index in [0.717, 1.165) is 22.5 Å². The van der Waals surface area contributed by atoms with E-state index in [1.54, 1.807) is 15.7 Å². The summed E-state index contributed by atoms with van der Waals surface area (Å²) < 4.78 is 1.75. The van der Waals surface area contributed by atoms with Gasteiger partial charge in [0, 0.05) is 36.5 Å². The van der Waals surface area contributed by atoms with Crippen LogP contribution in [0.1, 0.15) is 35.2 Å². The van der Waals surface area contributed by atoms with Gasteiger partial charge in [-0.25, -0.2) is 9.48 Å². The van der Waals surface area contributed by atoms with Gasteiger partial charge >= 0.3 is 6.03 Å². The number of hydrogen-bond acceptors (Lipinski definition) is 3. The lowest BCUT2D eigenvalue weighted by Crippen LogP contribution is -2.47. The van der Waals surface area contributed by atoms with Crippen LogP contribution in [0, 0.1) is 13.8 Å². The average molecular weight is 492 g/mol. The maximum atomic E-state index is 12.5. The second-order valence-corrected chi connectivity index (χ2v) is 9.19. The Bertz CT molecular complexity index is 1200. The predicted octanol–water partition coefficient (Wildman–Crippen LogP) is 5.03. The van der Waals surface area contributed by atoms with E-state index < -0.39 is 0 Å². The van der Waals surface area contributed by atoms with Crippen molar-refractivity contribution in [3.63, 3.8) is 0 Å². The van der Waals surface area contributed by atoms with Crippen molar-refractivity contribution >= 4 is 35.3 Å². The van der Waals surface area contributed by atoms with Crippen LogP contribution in [0.2, 0.25) is 5.15 Å². The third-order valence-electron chi connectivity index (χ3n) is 6.12. The van der Waals surface area contributed by atoms with Gasteiger partial charge in [0.1, 0.15) is 5.15 Å². The Balaban J connectivity index is 1.28. The molecule has 3 aromatic rings. The number of nitrogens with one attached hydrogen (secondary N) is 2. The summed E-state index contributed by atoms with van der Waals surface area (Å²) in [5, 5.41) is 11.0. The highest BCUT2D eigenvalue weighted by atomic mass is 35.5. The molecule has 0 spiro atoms. The van der Waals surface area contributed by atoms with E-state index in [9.17, 15) is 9.59 Å². The smallest absolute Gasteiger partial charge is 0.321 e. The van der Waals surface area contributed by atoms with Crippen molar-refractivity contribution in [3.8, 4) is 0 Å². The van der Waals surface area contributed by atoms with Gasteiger partial charge in [-0.3, -0.25) is 4.79 Å². The molecule has 0 saturated carbocycles. The van der Waals surface area contributed by atoms with Crippen molar-refractivity contribution < 1.29 is 9.59 Å². The summed E-state index contributed by atoms with van der Waals surface area (Å²) in [7, 11) is 0. The predicted molar refractivity (Wildman–Crippen MR) is 139 cm³/mol. The number of benzene rings is 2. The van der Waals surface area contributed by atoms with Crippen LogP contribution in [0.25, 0.3) is 6.08 Å². The van der Waals surface area contributed by atoms with Gasteiger partial charge in [-0.1, -0.05) is 59.6 Å². The molecule has 2 heterocycles. The number of para-hydroxylation sites is 1. The van der Waals surface area contributed by atoms with Gasteiger partial charge < -0.3 is 15.5 Å². The molecule has 1 saturated heterocycles. The molecular formula is C27H30ClN5O2. The standard InChI is InChI=1S/C27H30ClN5O2/c1-19-8-10-21(11-9-19)18-33-26(28)24(20(2)31-33)12-13-25(34)29-23-14-16-32(17-15-23)27(35)30-22-6-4-3-5-7-22/h3-13,23H,14-18H2,1-2H3,(H,29,34)(H,30,35)/b13-12+. The van der Waals surface area contributed by atoms with E-state index in [-0.39, 0.29) is 18.0 Å². The molecule has 0 radical (unpaired) electrons. The van der Waals surface area contributed by atoms with E-state index in [4.69, 9.17) is 11.6 Å². The van der Waals surface area contributed by atoms with Crippen molar-refractivity contribution in [2.24, 2.45) is 0 Å². The van der Waals surface area contributed by atoms with Crippen molar-refractivity contribution in [3.05, 3.63) is 88.2 Å². The molecule has 0 atom stereocenters. The summed E-state index contributed by atoms with van der Waals surface area (Å²) in [4.78, 5) is 26.8. The summed E-state index contributed by atoms with van der Waals surface area (Å²) >= 11 is 6.56. The number of rotatable bonds is 6. The maximum Gasteiger partial charge on any atom is 0.321 e. The summed E-state index contributed by atoms with van der Waals surface area (Å²) in [6.45, 7) is 5.67. The summed E-state index contributed by atoms with van der Waals surface area (Å²) in [5.41, 5.74) is 4.59. The van der Waals surface area contributed by atoms with Gasteiger partial charge in [-0.05, 0) is 50.5 Å². The number of nitrogens with zero attached hydrogens (tertiary/aromatic N) is 3. The van der Waals surface area contributed by atoms with E-state index in [1.807, 2.05) is 37.3 Å². The molecule has 0 bridgehead atoms. The highest BCUT2D eigenvalue weighted by Gasteiger charge is 2.23.